The number of carbonyl (C=O) groups excluding carboxylic acids is 1. The number of anilines is 1. The maximum absolute atomic E-state index is 11.1. The standard InChI is InChI=1S/C9H10N4O/c1-2-7(14)11-9-6-4-3-5-10-8(6)12-13-9/h3-5H,2H2,1H3,(H2,10,11,12,13,14). The van der Waals surface area contributed by atoms with Crippen molar-refractivity contribution in [1.82, 2.24) is 15.2 Å². The Bertz CT molecular complexity index is 463. The van der Waals surface area contributed by atoms with Crippen LogP contribution < -0.4 is 5.32 Å². The monoisotopic (exact) mass is 190 g/mol. The molecule has 0 spiro atoms. The van der Waals surface area contributed by atoms with Crippen molar-refractivity contribution >= 4 is 22.8 Å². The van der Waals surface area contributed by atoms with E-state index in [0.717, 1.165) is 5.39 Å². The number of nitrogens with one attached hydrogen (secondary N) is 2. The number of aromatic amines is 1. The average Bonchev–Trinajstić information content (AvgIpc) is 2.62. The molecule has 5 heteroatoms. The van der Waals surface area contributed by atoms with Crippen LogP contribution in [0.15, 0.2) is 18.3 Å². The van der Waals surface area contributed by atoms with Gasteiger partial charge in [0.2, 0.25) is 5.91 Å². The zero-order chi connectivity index (χ0) is 9.97. The number of hydrogen-bond acceptors (Lipinski definition) is 3. The first-order chi connectivity index (χ1) is 6.81. The van der Waals surface area contributed by atoms with Gasteiger partial charge in [-0.2, -0.15) is 5.10 Å². The van der Waals surface area contributed by atoms with Gasteiger partial charge in [-0.05, 0) is 12.1 Å². The maximum atomic E-state index is 11.1. The van der Waals surface area contributed by atoms with Gasteiger partial charge in [-0.15, -0.1) is 0 Å². The van der Waals surface area contributed by atoms with E-state index in [1.807, 2.05) is 6.07 Å². The molecule has 0 aliphatic rings. The molecule has 0 aliphatic heterocycles. The van der Waals surface area contributed by atoms with E-state index in [-0.39, 0.29) is 5.91 Å². The molecule has 0 unspecified atom stereocenters. The summed E-state index contributed by atoms with van der Waals surface area (Å²) in [6.07, 6.45) is 2.11. The van der Waals surface area contributed by atoms with Crippen molar-refractivity contribution in [1.29, 1.82) is 0 Å². The van der Waals surface area contributed by atoms with Gasteiger partial charge in [0, 0.05) is 12.6 Å². The van der Waals surface area contributed by atoms with E-state index in [2.05, 4.69) is 20.5 Å². The average molecular weight is 190 g/mol. The molecule has 2 rings (SSSR count). The van der Waals surface area contributed by atoms with Gasteiger partial charge < -0.3 is 5.32 Å². The summed E-state index contributed by atoms with van der Waals surface area (Å²) >= 11 is 0. The van der Waals surface area contributed by atoms with Gasteiger partial charge in [-0.3, -0.25) is 9.89 Å². The van der Waals surface area contributed by atoms with E-state index < -0.39 is 0 Å². The molecule has 0 saturated heterocycles. The normalized spacial score (nSPS) is 10.4. The molecule has 0 aromatic carbocycles. The maximum Gasteiger partial charge on any atom is 0.225 e. The Morgan fingerprint density at radius 3 is 3.29 bits per heavy atom. The van der Waals surface area contributed by atoms with Crippen molar-refractivity contribution < 1.29 is 4.79 Å². The Hall–Kier alpha value is -1.91. The third kappa shape index (κ3) is 1.44. The van der Waals surface area contributed by atoms with Crippen LogP contribution in [0.5, 0.6) is 0 Å². The predicted octanol–water partition coefficient (Wildman–Crippen LogP) is 1.31. The highest BCUT2D eigenvalue weighted by atomic mass is 16.1. The highest BCUT2D eigenvalue weighted by Crippen LogP contribution is 2.17. The van der Waals surface area contributed by atoms with Gasteiger partial charge in [0.1, 0.15) is 5.82 Å². The van der Waals surface area contributed by atoms with Crippen molar-refractivity contribution in [2.45, 2.75) is 13.3 Å². The third-order valence-corrected chi connectivity index (χ3v) is 1.92. The summed E-state index contributed by atoms with van der Waals surface area (Å²) in [5.74, 6) is 0.569. The lowest BCUT2D eigenvalue weighted by molar-refractivity contribution is -0.115. The van der Waals surface area contributed by atoms with Crippen LogP contribution in [-0.4, -0.2) is 21.1 Å². The van der Waals surface area contributed by atoms with Gasteiger partial charge in [0.05, 0.1) is 5.39 Å². The lowest BCUT2D eigenvalue weighted by Crippen LogP contribution is -2.09. The van der Waals surface area contributed by atoms with Crippen molar-refractivity contribution in [3.63, 3.8) is 0 Å². The van der Waals surface area contributed by atoms with E-state index in [0.29, 0.717) is 17.9 Å². The number of fused-ring (bicyclic) bond motifs is 1. The lowest BCUT2D eigenvalue weighted by atomic mass is 10.3. The smallest absolute Gasteiger partial charge is 0.225 e. The number of pyridine rings is 1. The van der Waals surface area contributed by atoms with E-state index >= 15 is 0 Å². The Morgan fingerprint density at radius 2 is 2.50 bits per heavy atom. The Kier molecular flexibility index (Phi) is 2.14. The minimum Gasteiger partial charge on any atom is -0.311 e. The van der Waals surface area contributed by atoms with Crippen LogP contribution in [0.2, 0.25) is 0 Å². The van der Waals surface area contributed by atoms with Gasteiger partial charge in [0.15, 0.2) is 5.65 Å². The van der Waals surface area contributed by atoms with E-state index in [9.17, 15) is 4.79 Å². The summed E-state index contributed by atoms with van der Waals surface area (Å²) in [7, 11) is 0. The SMILES string of the molecule is CCC(=O)Nc1[nH]nc2ncccc12. The topological polar surface area (TPSA) is 70.7 Å². The summed E-state index contributed by atoms with van der Waals surface area (Å²) in [6.45, 7) is 1.80. The van der Waals surface area contributed by atoms with Crippen LogP contribution in [0.25, 0.3) is 11.0 Å². The molecule has 0 saturated carbocycles. The summed E-state index contributed by atoms with van der Waals surface area (Å²) in [4.78, 5) is 15.2. The van der Waals surface area contributed by atoms with Crippen molar-refractivity contribution in [2.24, 2.45) is 0 Å². The minimum atomic E-state index is -0.0422. The highest BCUT2D eigenvalue weighted by molar-refractivity contribution is 5.98. The summed E-state index contributed by atoms with van der Waals surface area (Å²) < 4.78 is 0. The first kappa shape index (κ1) is 8.68. The number of rotatable bonds is 2. The number of amides is 1. The molecule has 1 amide bonds. The molecular weight excluding hydrogens is 180 g/mol. The molecule has 72 valence electrons. The van der Waals surface area contributed by atoms with E-state index in [1.165, 1.54) is 0 Å². The second kappa shape index (κ2) is 3.45. The van der Waals surface area contributed by atoms with Gasteiger partial charge >= 0.3 is 0 Å². The van der Waals surface area contributed by atoms with Gasteiger partial charge in [-0.1, -0.05) is 6.92 Å². The summed E-state index contributed by atoms with van der Waals surface area (Å²) in [5, 5.41) is 10.2. The Labute approximate surface area is 80.5 Å². The largest absolute Gasteiger partial charge is 0.311 e. The van der Waals surface area contributed by atoms with Crippen LogP contribution in [0.3, 0.4) is 0 Å². The fraction of sp³-hybridized carbons (Fsp3) is 0.222. The Morgan fingerprint density at radius 1 is 1.64 bits per heavy atom. The van der Waals surface area contributed by atoms with E-state index in [1.54, 1.807) is 19.2 Å². The third-order valence-electron chi connectivity index (χ3n) is 1.92. The fourth-order valence-electron chi connectivity index (χ4n) is 1.17. The Balaban J connectivity index is 2.38. The number of carbonyl (C=O) groups is 1. The molecule has 2 aromatic rings. The molecule has 0 aliphatic carbocycles. The quantitative estimate of drug-likeness (QED) is 0.749. The first-order valence-electron chi connectivity index (χ1n) is 4.40. The molecule has 0 atom stereocenters. The number of aromatic nitrogens is 3. The lowest BCUT2D eigenvalue weighted by Gasteiger charge is -1.98. The summed E-state index contributed by atoms with van der Waals surface area (Å²) in [6, 6.07) is 3.66. The van der Waals surface area contributed by atoms with Crippen LogP contribution in [-0.2, 0) is 4.79 Å². The molecule has 14 heavy (non-hydrogen) atoms. The van der Waals surface area contributed by atoms with Crippen LogP contribution in [0.1, 0.15) is 13.3 Å². The molecule has 0 fully saturated rings. The first-order valence-corrected chi connectivity index (χ1v) is 4.40. The summed E-state index contributed by atoms with van der Waals surface area (Å²) in [5.41, 5.74) is 0.610. The predicted molar refractivity (Wildman–Crippen MR) is 52.8 cm³/mol. The van der Waals surface area contributed by atoms with Gasteiger partial charge in [-0.25, -0.2) is 4.98 Å². The molecule has 0 radical (unpaired) electrons. The molecule has 2 heterocycles. The fourth-order valence-corrected chi connectivity index (χ4v) is 1.17. The molecular formula is C9H10N4O. The van der Waals surface area contributed by atoms with Crippen LogP contribution in [0, 0.1) is 0 Å². The minimum absolute atomic E-state index is 0.0422. The second-order valence-electron chi connectivity index (χ2n) is 2.87. The van der Waals surface area contributed by atoms with E-state index in [4.69, 9.17) is 0 Å². The van der Waals surface area contributed by atoms with Crippen LogP contribution >= 0.6 is 0 Å². The van der Waals surface area contributed by atoms with Crippen LogP contribution in [0.4, 0.5) is 5.82 Å². The van der Waals surface area contributed by atoms with Crippen molar-refractivity contribution in [3.8, 4) is 0 Å². The van der Waals surface area contributed by atoms with Crippen molar-refractivity contribution in [2.75, 3.05) is 5.32 Å². The second-order valence-corrected chi connectivity index (χ2v) is 2.87. The molecule has 5 nitrogen and oxygen atoms in total. The number of nitrogens with zero attached hydrogens (tertiary/aromatic N) is 2. The van der Waals surface area contributed by atoms with Gasteiger partial charge in [0.25, 0.3) is 0 Å². The van der Waals surface area contributed by atoms with Crippen molar-refractivity contribution in [3.05, 3.63) is 18.3 Å². The molecule has 0 bridgehead atoms. The number of hydrogen-bond donors (Lipinski definition) is 2. The number of H-pyrrole nitrogens is 1. The zero-order valence-corrected chi connectivity index (χ0v) is 7.74. The molecule has 2 N–H and O–H groups in total. The highest BCUT2D eigenvalue weighted by Gasteiger charge is 2.06. The molecule has 2 aromatic heterocycles. The zero-order valence-electron chi connectivity index (χ0n) is 7.74.